The third-order valence-corrected chi connectivity index (χ3v) is 2.99. The zero-order valence-corrected chi connectivity index (χ0v) is 9.93. The standard InChI is InChI=1S/C11H19N5/c1-3-5-16-10(7-14-11(16)12)9-6-13-8-15(9)4-2/h6,8,10H,3-5,7H2,1-2H3,(H2,12,14). The molecule has 1 atom stereocenters. The molecule has 0 aliphatic carbocycles. The van der Waals surface area contributed by atoms with Crippen molar-refractivity contribution in [3.63, 3.8) is 0 Å². The van der Waals surface area contributed by atoms with E-state index in [-0.39, 0.29) is 6.04 Å². The Morgan fingerprint density at radius 3 is 3.00 bits per heavy atom. The summed E-state index contributed by atoms with van der Waals surface area (Å²) in [6, 6.07) is 0.266. The molecule has 0 saturated carbocycles. The van der Waals surface area contributed by atoms with E-state index in [2.05, 4.69) is 33.3 Å². The minimum atomic E-state index is 0.266. The molecule has 0 spiro atoms. The maximum Gasteiger partial charge on any atom is 0.191 e. The Labute approximate surface area is 96.0 Å². The van der Waals surface area contributed by atoms with Crippen LogP contribution in [0, 0.1) is 0 Å². The summed E-state index contributed by atoms with van der Waals surface area (Å²) in [4.78, 5) is 10.7. The van der Waals surface area contributed by atoms with Gasteiger partial charge in [0.1, 0.15) is 0 Å². The molecule has 1 aliphatic heterocycles. The number of nitrogens with two attached hydrogens (primary N) is 1. The lowest BCUT2D eigenvalue weighted by Gasteiger charge is -2.26. The molecule has 0 bridgehead atoms. The van der Waals surface area contributed by atoms with Crippen LogP contribution in [-0.4, -0.2) is 33.5 Å². The monoisotopic (exact) mass is 221 g/mol. The summed E-state index contributed by atoms with van der Waals surface area (Å²) in [6.45, 7) is 6.91. The second-order valence-electron chi connectivity index (χ2n) is 4.01. The van der Waals surface area contributed by atoms with E-state index >= 15 is 0 Å². The predicted molar refractivity (Wildman–Crippen MR) is 64.1 cm³/mol. The van der Waals surface area contributed by atoms with Gasteiger partial charge in [-0.2, -0.15) is 0 Å². The van der Waals surface area contributed by atoms with Gasteiger partial charge in [-0.05, 0) is 13.3 Å². The highest BCUT2D eigenvalue weighted by molar-refractivity contribution is 5.80. The maximum absolute atomic E-state index is 5.90. The van der Waals surface area contributed by atoms with Gasteiger partial charge in [-0.3, -0.25) is 4.99 Å². The molecule has 16 heavy (non-hydrogen) atoms. The average molecular weight is 221 g/mol. The molecular formula is C11H19N5. The van der Waals surface area contributed by atoms with Gasteiger partial charge in [0.2, 0.25) is 0 Å². The summed E-state index contributed by atoms with van der Waals surface area (Å²) in [6.07, 6.45) is 4.87. The number of aryl methyl sites for hydroxylation is 1. The van der Waals surface area contributed by atoms with Gasteiger partial charge < -0.3 is 15.2 Å². The Morgan fingerprint density at radius 2 is 2.31 bits per heavy atom. The van der Waals surface area contributed by atoms with Crippen LogP contribution in [0.1, 0.15) is 32.0 Å². The van der Waals surface area contributed by atoms with Gasteiger partial charge in [0, 0.05) is 13.1 Å². The minimum absolute atomic E-state index is 0.266. The van der Waals surface area contributed by atoms with Crippen molar-refractivity contribution in [1.82, 2.24) is 14.5 Å². The Balaban J connectivity index is 2.21. The van der Waals surface area contributed by atoms with Crippen molar-refractivity contribution in [3.8, 4) is 0 Å². The Morgan fingerprint density at radius 1 is 1.50 bits per heavy atom. The predicted octanol–water partition coefficient (Wildman–Crippen LogP) is 0.984. The molecule has 0 aromatic carbocycles. The van der Waals surface area contributed by atoms with Gasteiger partial charge in [-0.1, -0.05) is 6.92 Å². The van der Waals surface area contributed by atoms with Crippen LogP contribution in [0.25, 0.3) is 0 Å². The van der Waals surface area contributed by atoms with Crippen molar-refractivity contribution in [2.24, 2.45) is 10.7 Å². The average Bonchev–Trinajstić information content (AvgIpc) is 2.87. The van der Waals surface area contributed by atoms with E-state index in [0.29, 0.717) is 5.96 Å². The van der Waals surface area contributed by atoms with Crippen molar-refractivity contribution in [3.05, 3.63) is 18.2 Å². The minimum Gasteiger partial charge on any atom is -0.370 e. The fourth-order valence-electron chi connectivity index (χ4n) is 2.17. The number of rotatable bonds is 4. The maximum atomic E-state index is 5.90. The third kappa shape index (κ3) is 1.77. The summed E-state index contributed by atoms with van der Waals surface area (Å²) >= 11 is 0. The molecule has 1 aliphatic rings. The lowest BCUT2D eigenvalue weighted by atomic mass is 10.2. The molecule has 2 N–H and O–H groups in total. The summed E-state index contributed by atoms with van der Waals surface area (Å²) in [5, 5.41) is 0. The molecule has 1 aromatic heterocycles. The van der Waals surface area contributed by atoms with E-state index in [9.17, 15) is 0 Å². The Bertz CT molecular complexity index is 381. The number of hydrogen-bond acceptors (Lipinski definition) is 4. The number of guanidine groups is 1. The molecule has 5 heteroatoms. The highest BCUT2D eigenvalue weighted by Gasteiger charge is 2.28. The second kappa shape index (κ2) is 4.55. The van der Waals surface area contributed by atoms with E-state index in [0.717, 1.165) is 26.1 Å². The SMILES string of the molecule is CCCN1C(N)=NCC1c1cncn1CC. The van der Waals surface area contributed by atoms with Crippen LogP contribution < -0.4 is 5.73 Å². The smallest absolute Gasteiger partial charge is 0.191 e. The van der Waals surface area contributed by atoms with Crippen LogP contribution in [0.2, 0.25) is 0 Å². The summed E-state index contributed by atoms with van der Waals surface area (Å²) in [5.41, 5.74) is 7.11. The fourth-order valence-corrected chi connectivity index (χ4v) is 2.17. The van der Waals surface area contributed by atoms with Gasteiger partial charge in [0.05, 0.1) is 30.8 Å². The fraction of sp³-hybridized carbons (Fsp3) is 0.636. The summed E-state index contributed by atoms with van der Waals surface area (Å²) in [5.74, 6) is 0.663. The van der Waals surface area contributed by atoms with Crippen LogP contribution in [0.3, 0.4) is 0 Å². The molecule has 1 unspecified atom stereocenters. The van der Waals surface area contributed by atoms with Gasteiger partial charge in [0.15, 0.2) is 5.96 Å². The largest absolute Gasteiger partial charge is 0.370 e. The van der Waals surface area contributed by atoms with Crippen molar-refractivity contribution < 1.29 is 0 Å². The normalized spacial score (nSPS) is 20.2. The van der Waals surface area contributed by atoms with Crippen LogP contribution in [0.4, 0.5) is 0 Å². The zero-order chi connectivity index (χ0) is 11.5. The molecule has 0 fully saturated rings. The highest BCUT2D eigenvalue weighted by Crippen LogP contribution is 2.25. The molecule has 88 valence electrons. The second-order valence-corrected chi connectivity index (χ2v) is 4.01. The first-order valence-electron chi connectivity index (χ1n) is 5.84. The molecule has 1 aromatic rings. The highest BCUT2D eigenvalue weighted by atomic mass is 15.3. The van der Waals surface area contributed by atoms with Gasteiger partial charge in [-0.15, -0.1) is 0 Å². The molecule has 0 amide bonds. The van der Waals surface area contributed by atoms with E-state index in [1.807, 2.05) is 12.5 Å². The van der Waals surface area contributed by atoms with Crippen molar-refractivity contribution in [2.75, 3.05) is 13.1 Å². The number of aromatic nitrogens is 2. The number of hydrogen-bond donors (Lipinski definition) is 1. The topological polar surface area (TPSA) is 59.4 Å². The Kier molecular flexibility index (Phi) is 3.12. The molecular weight excluding hydrogens is 202 g/mol. The number of aliphatic imine (C=N–C) groups is 1. The van der Waals surface area contributed by atoms with E-state index in [1.165, 1.54) is 5.69 Å². The first kappa shape index (κ1) is 11.0. The van der Waals surface area contributed by atoms with Crippen LogP contribution >= 0.6 is 0 Å². The molecule has 2 rings (SSSR count). The summed E-state index contributed by atoms with van der Waals surface area (Å²) < 4.78 is 2.15. The molecule has 2 heterocycles. The van der Waals surface area contributed by atoms with Crippen LogP contribution in [0.15, 0.2) is 17.5 Å². The van der Waals surface area contributed by atoms with Crippen LogP contribution in [0.5, 0.6) is 0 Å². The lowest BCUT2D eigenvalue weighted by Crippen LogP contribution is -2.37. The molecule has 0 saturated heterocycles. The quantitative estimate of drug-likeness (QED) is 0.824. The van der Waals surface area contributed by atoms with Crippen molar-refractivity contribution in [2.45, 2.75) is 32.9 Å². The van der Waals surface area contributed by atoms with E-state index in [1.54, 1.807) is 0 Å². The molecule has 5 nitrogen and oxygen atoms in total. The first-order valence-corrected chi connectivity index (χ1v) is 5.84. The van der Waals surface area contributed by atoms with Gasteiger partial charge in [-0.25, -0.2) is 4.98 Å². The number of imidazole rings is 1. The van der Waals surface area contributed by atoms with E-state index < -0.39 is 0 Å². The molecule has 0 radical (unpaired) electrons. The lowest BCUT2D eigenvalue weighted by molar-refractivity contribution is 0.333. The zero-order valence-electron chi connectivity index (χ0n) is 9.93. The van der Waals surface area contributed by atoms with E-state index in [4.69, 9.17) is 5.73 Å². The number of nitrogens with zero attached hydrogens (tertiary/aromatic N) is 4. The Hall–Kier alpha value is -1.52. The van der Waals surface area contributed by atoms with Crippen LogP contribution in [-0.2, 0) is 6.54 Å². The van der Waals surface area contributed by atoms with Gasteiger partial charge >= 0.3 is 0 Å². The first-order chi connectivity index (χ1) is 7.77. The summed E-state index contributed by atoms with van der Waals surface area (Å²) in [7, 11) is 0. The van der Waals surface area contributed by atoms with Crippen molar-refractivity contribution >= 4 is 5.96 Å². The third-order valence-electron chi connectivity index (χ3n) is 2.99. The van der Waals surface area contributed by atoms with Crippen molar-refractivity contribution in [1.29, 1.82) is 0 Å². The van der Waals surface area contributed by atoms with Gasteiger partial charge in [0.25, 0.3) is 0 Å².